The van der Waals surface area contributed by atoms with Gasteiger partial charge in [-0.1, -0.05) is 31.4 Å². The van der Waals surface area contributed by atoms with Crippen molar-refractivity contribution in [3.63, 3.8) is 0 Å². The average Bonchev–Trinajstić information content (AvgIpc) is 2.43. The summed E-state index contributed by atoms with van der Waals surface area (Å²) in [5.41, 5.74) is 0. The lowest BCUT2D eigenvalue weighted by Gasteiger charge is -2.25. The van der Waals surface area contributed by atoms with Gasteiger partial charge < -0.3 is 9.84 Å². The van der Waals surface area contributed by atoms with Crippen LogP contribution in [0.2, 0.25) is 10.3 Å². The molecule has 0 aliphatic rings. The van der Waals surface area contributed by atoms with Gasteiger partial charge in [-0.15, -0.1) is 12.4 Å². The number of halogens is 2. The minimum absolute atomic E-state index is 0. The summed E-state index contributed by atoms with van der Waals surface area (Å²) in [6.45, 7) is 2.46. The minimum Gasteiger partial charge on any atom is -0.494 e. The Hall–Kier alpha value is -0.865. The lowest BCUT2D eigenvalue weighted by Crippen LogP contribution is -2.24. The van der Waals surface area contributed by atoms with Crippen LogP contribution >= 0.6 is 24.0 Å². The molecular weight excluding hydrogens is 310 g/mol. The molecule has 1 aromatic rings. The Balaban J connectivity index is 0.00000400. The zero-order chi connectivity index (χ0) is 15.0. The molecule has 0 aliphatic heterocycles. The molecule has 0 aliphatic carbocycles. The fourth-order valence-corrected chi connectivity index (χ4v) is 2.07. The predicted octanol–water partition coefficient (Wildman–Crippen LogP) is 4.52. The van der Waals surface area contributed by atoms with E-state index in [1.54, 1.807) is 24.3 Å². The van der Waals surface area contributed by atoms with Crippen molar-refractivity contribution in [2.75, 3.05) is 6.61 Å². The molecule has 0 saturated carbocycles. The molecule has 0 heterocycles. The van der Waals surface area contributed by atoms with E-state index in [1.165, 1.54) is 0 Å². The summed E-state index contributed by atoms with van der Waals surface area (Å²) in [5, 5.41) is 8.74. The first kappa shape index (κ1) is 20.1. The minimum atomic E-state index is -1.14. The molecule has 2 radical (unpaired) electrons. The Bertz CT molecular complexity index is 425. The van der Waals surface area contributed by atoms with E-state index in [1.807, 2.05) is 6.92 Å². The number of benzene rings is 1. The number of hydrogen-bond donors (Lipinski definition) is 1. The Morgan fingerprint density at radius 3 is 2.38 bits per heavy atom. The van der Waals surface area contributed by atoms with E-state index in [0.717, 1.165) is 18.6 Å². The van der Waals surface area contributed by atoms with Crippen molar-refractivity contribution >= 4 is 37.8 Å². The number of aliphatic carboxylic acids is 1. The van der Waals surface area contributed by atoms with E-state index in [0.29, 0.717) is 30.9 Å². The summed E-state index contributed by atoms with van der Waals surface area (Å²) in [6.07, 6.45) is 3.28. The van der Waals surface area contributed by atoms with Crippen molar-refractivity contribution in [1.29, 1.82) is 0 Å². The summed E-state index contributed by atoms with van der Waals surface area (Å²) in [7, 11) is 5.95. The first-order chi connectivity index (χ1) is 9.48. The topological polar surface area (TPSA) is 46.5 Å². The van der Waals surface area contributed by atoms with Gasteiger partial charge in [0.15, 0.2) is 0 Å². The quantitative estimate of drug-likeness (QED) is 0.534. The summed E-state index contributed by atoms with van der Waals surface area (Å²) in [4.78, 5) is 11.2. The second-order valence-corrected chi connectivity index (χ2v) is 5.41. The molecule has 0 amide bonds. The number of carboxylic acids is 1. The molecule has 1 N–H and O–H groups in total. The number of hydrogen-bond acceptors (Lipinski definition) is 2. The van der Waals surface area contributed by atoms with Gasteiger partial charge in [-0.3, -0.25) is 4.79 Å². The molecule has 116 valence electrons. The van der Waals surface area contributed by atoms with Gasteiger partial charge in [0.1, 0.15) is 5.75 Å². The van der Waals surface area contributed by atoms with Gasteiger partial charge in [0, 0.05) is 10.3 Å². The molecule has 1 atom stereocenters. The summed E-state index contributed by atoms with van der Waals surface area (Å²) in [6, 6.07) is 7.07. The second kappa shape index (κ2) is 9.96. The van der Waals surface area contributed by atoms with Gasteiger partial charge in [0.05, 0.1) is 14.5 Å². The lowest BCUT2D eigenvalue weighted by atomic mass is 9.63. The van der Waals surface area contributed by atoms with E-state index in [2.05, 4.69) is 0 Å². The van der Waals surface area contributed by atoms with E-state index >= 15 is 0 Å². The van der Waals surface area contributed by atoms with Crippen LogP contribution in [0, 0.1) is 0 Å². The standard InChI is InChI=1S/C15H20BClO3.ClH/c1-2-3-9-15(16,14(18)19)10-4-11-20-13-7-5-12(17)6-8-13;/h5-8H,2-4,9-11H2,1H3,(H,18,19);1H. The van der Waals surface area contributed by atoms with Crippen LogP contribution in [-0.2, 0) is 4.79 Å². The van der Waals surface area contributed by atoms with Gasteiger partial charge in [0.25, 0.3) is 0 Å². The normalized spacial score (nSPS) is 13.0. The SMILES string of the molecule is Cl.[B]C(CCCC)(CCCOc1ccc(Cl)cc1)C(=O)O. The molecule has 0 bridgehead atoms. The van der Waals surface area contributed by atoms with Gasteiger partial charge in [-0.25, -0.2) is 0 Å². The van der Waals surface area contributed by atoms with E-state index in [9.17, 15) is 9.90 Å². The van der Waals surface area contributed by atoms with Crippen molar-refractivity contribution in [2.45, 2.75) is 44.3 Å². The summed E-state index contributed by atoms with van der Waals surface area (Å²) >= 11 is 5.78. The lowest BCUT2D eigenvalue weighted by molar-refractivity contribution is -0.141. The number of unbranched alkanes of at least 4 members (excludes halogenated alkanes) is 1. The van der Waals surface area contributed by atoms with Crippen LogP contribution in [0.3, 0.4) is 0 Å². The molecule has 1 aromatic carbocycles. The molecule has 0 aromatic heterocycles. The largest absolute Gasteiger partial charge is 0.494 e. The second-order valence-electron chi connectivity index (χ2n) is 4.97. The summed E-state index contributed by atoms with van der Waals surface area (Å²) < 4.78 is 5.53. The molecule has 0 fully saturated rings. The molecular formula is C15H21BCl2O3. The molecule has 1 unspecified atom stereocenters. The number of ether oxygens (including phenoxy) is 1. The van der Waals surface area contributed by atoms with Crippen molar-refractivity contribution in [3.8, 4) is 5.75 Å². The first-order valence-electron chi connectivity index (χ1n) is 6.88. The maximum Gasteiger partial charge on any atom is 0.300 e. The van der Waals surface area contributed by atoms with Crippen LogP contribution < -0.4 is 4.74 Å². The Morgan fingerprint density at radius 1 is 1.29 bits per heavy atom. The van der Waals surface area contributed by atoms with Gasteiger partial charge in [-0.05, 0) is 43.5 Å². The van der Waals surface area contributed by atoms with Crippen LogP contribution in [0.15, 0.2) is 24.3 Å². The number of rotatable bonds is 9. The van der Waals surface area contributed by atoms with Crippen molar-refractivity contribution in [2.24, 2.45) is 0 Å². The fraction of sp³-hybridized carbons (Fsp3) is 0.533. The Kier molecular flexibility index (Phi) is 9.55. The zero-order valence-corrected chi connectivity index (χ0v) is 13.8. The highest BCUT2D eigenvalue weighted by Crippen LogP contribution is 2.34. The highest BCUT2D eigenvalue weighted by molar-refractivity contribution is 6.30. The zero-order valence-electron chi connectivity index (χ0n) is 12.2. The van der Waals surface area contributed by atoms with E-state index < -0.39 is 11.3 Å². The van der Waals surface area contributed by atoms with Crippen LogP contribution in [0.4, 0.5) is 0 Å². The number of carboxylic acid groups (broad SMARTS) is 1. The molecule has 3 nitrogen and oxygen atoms in total. The molecule has 6 heteroatoms. The third-order valence-electron chi connectivity index (χ3n) is 3.25. The smallest absolute Gasteiger partial charge is 0.300 e. The maximum atomic E-state index is 11.2. The van der Waals surface area contributed by atoms with Crippen LogP contribution in [-0.4, -0.2) is 25.5 Å². The number of carbonyl (C=O) groups is 1. The molecule has 0 spiro atoms. The van der Waals surface area contributed by atoms with Crippen LogP contribution in [0.1, 0.15) is 39.0 Å². The van der Waals surface area contributed by atoms with E-state index in [4.69, 9.17) is 24.2 Å². The summed E-state index contributed by atoms with van der Waals surface area (Å²) in [5.74, 6) is -0.210. The Morgan fingerprint density at radius 2 is 1.86 bits per heavy atom. The van der Waals surface area contributed by atoms with Gasteiger partial charge >= 0.3 is 5.97 Å². The third-order valence-corrected chi connectivity index (χ3v) is 3.50. The van der Waals surface area contributed by atoms with E-state index in [-0.39, 0.29) is 12.4 Å². The molecule has 0 saturated heterocycles. The third kappa shape index (κ3) is 7.10. The van der Waals surface area contributed by atoms with Crippen LogP contribution in [0.5, 0.6) is 5.75 Å². The highest BCUT2D eigenvalue weighted by atomic mass is 35.5. The average molecular weight is 331 g/mol. The maximum absolute atomic E-state index is 11.2. The highest BCUT2D eigenvalue weighted by Gasteiger charge is 2.30. The Labute approximate surface area is 138 Å². The van der Waals surface area contributed by atoms with Crippen LogP contribution in [0.25, 0.3) is 0 Å². The van der Waals surface area contributed by atoms with Gasteiger partial charge in [0.2, 0.25) is 0 Å². The fourth-order valence-electron chi connectivity index (χ4n) is 1.94. The van der Waals surface area contributed by atoms with Gasteiger partial charge in [-0.2, -0.15) is 0 Å². The molecule has 21 heavy (non-hydrogen) atoms. The van der Waals surface area contributed by atoms with Crippen molar-refractivity contribution in [1.82, 2.24) is 0 Å². The molecule has 1 rings (SSSR count). The van der Waals surface area contributed by atoms with Crippen molar-refractivity contribution in [3.05, 3.63) is 29.3 Å². The van der Waals surface area contributed by atoms with Crippen molar-refractivity contribution < 1.29 is 14.6 Å². The monoisotopic (exact) mass is 330 g/mol. The first-order valence-corrected chi connectivity index (χ1v) is 7.26. The predicted molar refractivity (Wildman–Crippen MR) is 89.0 cm³/mol.